The van der Waals surface area contributed by atoms with Crippen LogP contribution >= 0.6 is 0 Å². The van der Waals surface area contributed by atoms with Crippen molar-refractivity contribution in [3.8, 4) is 11.5 Å². The standard InChI is InChI=1S/C10H13NO2/c1-6-4-9(12)10(13)8-5-11-3-2-7(6)8/h4,11-13H,2-3,5H2,1H3. The van der Waals surface area contributed by atoms with Crippen molar-refractivity contribution in [2.24, 2.45) is 0 Å². The molecule has 0 fully saturated rings. The van der Waals surface area contributed by atoms with E-state index >= 15 is 0 Å². The van der Waals surface area contributed by atoms with Gasteiger partial charge in [-0.3, -0.25) is 0 Å². The number of phenols is 2. The quantitative estimate of drug-likeness (QED) is 0.522. The van der Waals surface area contributed by atoms with E-state index in [0.717, 1.165) is 24.1 Å². The summed E-state index contributed by atoms with van der Waals surface area (Å²) in [5.41, 5.74) is 3.09. The van der Waals surface area contributed by atoms with Crippen molar-refractivity contribution in [2.75, 3.05) is 6.54 Å². The van der Waals surface area contributed by atoms with Crippen LogP contribution in [0.25, 0.3) is 0 Å². The van der Waals surface area contributed by atoms with Crippen LogP contribution in [0.5, 0.6) is 11.5 Å². The minimum Gasteiger partial charge on any atom is -0.504 e. The number of aryl methyl sites for hydroxylation is 1. The molecule has 0 radical (unpaired) electrons. The van der Waals surface area contributed by atoms with Crippen LogP contribution in [0.4, 0.5) is 0 Å². The number of aromatic hydroxyl groups is 2. The minimum atomic E-state index is -0.0139. The average Bonchev–Trinajstić information content (AvgIpc) is 2.15. The molecule has 1 heterocycles. The smallest absolute Gasteiger partial charge is 0.162 e. The maximum Gasteiger partial charge on any atom is 0.162 e. The summed E-state index contributed by atoms with van der Waals surface area (Å²) in [5, 5.41) is 22.1. The van der Waals surface area contributed by atoms with Crippen molar-refractivity contribution in [3.63, 3.8) is 0 Å². The van der Waals surface area contributed by atoms with Gasteiger partial charge < -0.3 is 15.5 Å². The Balaban J connectivity index is 2.63. The Bertz CT molecular complexity index is 347. The van der Waals surface area contributed by atoms with Crippen LogP contribution in [0, 0.1) is 6.92 Å². The molecular weight excluding hydrogens is 166 g/mol. The minimum absolute atomic E-state index is 0.0139. The van der Waals surface area contributed by atoms with E-state index in [-0.39, 0.29) is 11.5 Å². The maximum absolute atomic E-state index is 9.58. The number of fused-ring (bicyclic) bond motifs is 1. The van der Waals surface area contributed by atoms with Gasteiger partial charge in [0.25, 0.3) is 0 Å². The first-order chi connectivity index (χ1) is 6.20. The second-order valence-electron chi connectivity index (χ2n) is 3.45. The fourth-order valence-corrected chi connectivity index (χ4v) is 1.86. The van der Waals surface area contributed by atoms with Crippen LogP contribution in [0.15, 0.2) is 6.07 Å². The summed E-state index contributed by atoms with van der Waals surface area (Å²) >= 11 is 0. The highest BCUT2D eigenvalue weighted by atomic mass is 16.3. The Morgan fingerprint density at radius 1 is 1.31 bits per heavy atom. The number of hydrogen-bond acceptors (Lipinski definition) is 3. The van der Waals surface area contributed by atoms with Gasteiger partial charge in [0.15, 0.2) is 11.5 Å². The summed E-state index contributed by atoms with van der Waals surface area (Å²) in [5.74, 6) is 0.0211. The predicted octanol–water partition coefficient (Wildman–Crippen LogP) is 1.05. The summed E-state index contributed by atoms with van der Waals surface area (Å²) in [7, 11) is 0. The van der Waals surface area contributed by atoms with Crippen LogP contribution in [-0.4, -0.2) is 16.8 Å². The fraction of sp³-hybridized carbons (Fsp3) is 0.400. The van der Waals surface area contributed by atoms with Crippen LogP contribution < -0.4 is 5.32 Å². The monoisotopic (exact) mass is 179 g/mol. The highest BCUT2D eigenvalue weighted by Gasteiger charge is 2.17. The molecule has 3 heteroatoms. The van der Waals surface area contributed by atoms with E-state index in [1.54, 1.807) is 6.07 Å². The van der Waals surface area contributed by atoms with Gasteiger partial charge in [-0.25, -0.2) is 0 Å². The Labute approximate surface area is 77.0 Å². The molecule has 70 valence electrons. The SMILES string of the molecule is Cc1cc(O)c(O)c2c1CCNC2. The predicted molar refractivity (Wildman–Crippen MR) is 49.9 cm³/mol. The van der Waals surface area contributed by atoms with E-state index in [0.29, 0.717) is 6.54 Å². The van der Waals surface area contributed by atoms with Gasteiger partial charge in [0, 0.05) is 12.1 Å². The Morgan fingerprint density at radius 3 is 2.85 bits per heavy atom. The summed E-state index contributed by atoms with van der Waals surface area (Å²) < 4.78 is 0. The van der Waals surface area contributed by atoms with Gasteiger partial charge in [-0.1, -0.05) is 0 Å². The number of hydrogen-bond donors (Lipinski definition) is 3. The van der Waals surface area contributed by atoms with Crippen molar-refractivity contribution in [2.45, 2.75) is 19.9 Å². The van der Waals surface area contributed by atoms with Crippen molar-refractivity contribution < 1.29 is 10.2 Å². The lowest BCUT2D eigenvalue weighted by molar-refractivity contribution is 0.394. The van der Waals surface area contributed by atoms with E-state index in [2.05, 4.69) is 5.32 Å². The van der Waals surface area contributed by atoms with Crippen molar-refractivity contribution >= 4 is 0 Å². The topological polar surface area (TPSA) is 52.5 Å². The molecule has 2 rings (SSSR count). The van der Waals surface area contributed by atoms with E-state index in [1.807, 2.05) is 6.92 Å². The van der Waals surface area contributed by atoms with Crippen molar-refractivity contribution in [1.82, 2.24) is 5.32 Å². The summed E-state index contributed by atoms with van der Waals surface area (Å²) in [6.07, 6.45) is 0.926. The van der Waals surface area contributed by atoms with Gasteiger partial charge in [-0.2, -0.15) is 0 Å². The third-order valence-electron chi connectivity index (χ3n) is 2.58. The number of phenolic OH excluding ortho intramolecular Hbond substituents is 2. The molecule has 0 atom stereocenters. The van der Waals surface area contributed by atoms with Gasteiger partial charge in [0.05, 0.1) is 0 Å². The lowest BCUT2D eigenvalue weighted by Crippen LogP contribution is -2.24. The van der Waals surface area contributed by atoms with Gasteiger partial charge >= 0.3 is 0 Å². The lowest BCUT2D eigenvalue weighted by Gasteiger charge is -2.20. The molecule has 0 saturated carbocycles. The molecule has 0 unspecified atom stereocenters. The zero-order valence-electron chi connectivity index (χ0n) is 7.59. The second kappa shape index (κ2) is 2.92. The van der Waals surface area contributed by atoms with E-state index < -0.39 is 0 Å². The van der Waals surface area contributed by atoms with Crippen LogP contribution in [0.1, 0.15) is 16.7 Å². The van der Waals surface area contributed by atoms with E-state index in [1.165, 1.54) is 5.56 Å². The molecule has 1 aromatic carbocycles. The first-order valence-electron chi connectivity index (χ1n) is 4.44. The van der Waals surface area contributed by atoms with E-state index in [9.17, 15) is 10.2 Å². The zero-order chi connectivity index (χ0) is 9.42. The van der Waals surface area contributed by atoms with Gasteiger partial charge in [0.2, 0.25) is 0 Å². The molecule has 0 saturated heterocycles. The molecular formula is C10H13NO2. The van der Waals surface area contributed by atoms with Crippen molar-refractivity contribution in [1.29, 1.82) is 0 Å². The van der Waals surface area contributed by atoms with Crippen LogP contribution in [0.2, 0.25) is 0 Å². The Kier molecular flexibility index (Phi) is 1.88. The van der Waals surface area contributed by atoms with Crippen molar-refractivity contribution in [3.05, 3.63) is 22.8 Å². The normalized spacial score (nSPS) is 15.5. The molecule has 0 aromatic heterocycles. The Hall–Kier alpha value is -1.22. The highest BCUT2D eigenvalue weighted by Crippen LogP contribution is 2.35. The summed E-state index contributed by atoms with van der Waals surface area (Å²) in [6.45, 7) is 3.55. The van der Waals surface area contributed by atoms with Gasteiger partial charge in [-0.15, -0.1) is 0 Å². The van der Waals surface area contributed by atoms with Gasteiger partial charge in [-0.05, 0) is 37.1 Å². The molecule has 0 bridgehead atoms. The fourth-order valence-electron chi connectivity index (χ4n) is 1.86. The zero-order valence-corrected chi connectivity index (χ0v) is 7.59. The molecule has 1 aromatic rings. The molecule has 13 heavy (non-hydrogen) atoms. The average molecular weight is 179 g/mol. The van der Waals surface area contributed by atoms with E-state index in [4.69, 9.17) is 0 Å². The van der Waals surface area contributed by atoms with Crippen LogP contribution in [-0.2, 0) is 13.0 Å². The molecule has 3 nitrogen and oxygen atoms in total. The van der Waals surface area contributed by atoms with Gasteiger partial charge in [0.1, 0.15) is 0 Å². The molecule has 0 aliphatic carbocycles. The number of nitrogens with one attached hydrogen (secondary N) is 1. The molecule has 0 spiro atoms. The largest absolute Gasteiger partial charge is 0.504 e. The Morgan fingerprint density at radius 2 is 2.08 bits per heavy atom. The molecule has 3 N–H and O–H groups in total. The molecule has 1 aliphatic heterocycles. The maximum atomic E-state index is 9.58. The molecule has 1 aliphatic rings. The number of benzene rings is 1. The van der Waals surface area contributed by atoms with Crippen LogP contribution in [0.3, 0.4) is 0 Å². The summed E-state index contributed by atoms with van der Waals surface area (Å²) in [4.78, 5) is 0. The third kappa shape index (κ3) is 1.25. The lowest BCUT2D eigenvalue weighted by atomic mass is 9.95. The first-order valence-corrected chi connectivity index (χ1v) is 4.44. The second-order valence-corrected chi connectivity index (χ2v) is 3.45. The molecule has 0 amide bonds. The number of rotatable bonds is 0. The summed E-state index contributed by atoms with van der Waals surface area (Å²) in [6, 6.07) is 1.62. The third-order valence-corrected chi connectivity index (χ3v) is 2.58. The highest BCUT2D eigenvalue weighted by molar-refractivity contribution is 5.53. The first kappa shape index (κ1) is 8.38.